The van der Waals surface area contributed by atoms with Gasteiger partial charge in [0.15, 0.2) is 0 Å². The van der Waals surface area contributed by atoms with E-state index in [1.807, 2.05) is 0 Å². The van der Waals surface area contributed by atoms with Crippen LogP contribution < -0.4 is 5.73 Å². The summed E-state index contributed by atoms with van der Waals surface area (Å²) in [6.07, 6.45) is 2.79. The van der Waals surface area contributed by atoms with Gasteiger partial charge in [-0.05, 0) is 37.4 Å². The van der Waals surface area contributed by atoms with Gasteiger partial charge in [-0.2, -0.15) is 4.31 Å². The molecule has 0 saturated heterocycles. The Bertz CT molecular complexity index is 592. The number of halogens is 2. The van der Waals surface area contributed by atoms with Crippen molar-refractivity contribution < 1.29 is 8.42 Å². The molecule has 0 heterocycles. The lowest BCUT2D eigenvalue weighted by molar-refractivity contribution is 0.304. The summed E-state index contributed by atoms with van der Waals surface area (Å²) >= 11 is 11.9. The molecule has 0 bridgehead atoms. The van der Waals surface area contributed by atoms with Crippen LogP contribution in [0.5, 0.6) is 0 Å². The molecule has 112 valence electrons. The summed E-state index contributed by atoms with van der Waals surface area (Å²) in [5.41, 5.74) is 5.73. The van der Waals surface area contributed by atoms with Gasteiger partial charge < -0.3 is 5.73 Å². The van der Waals surface area contributed by atoms with Gasteiger partial charge in [0.25, 0.3) is 0 Å². The van der Waals surface area contributed by atoms with Gasteiger partial charge in [0.05, 0.1) is 10.0 Å². The number of sulfonamides is 1. The first-order chi connectivity index (χ1) is 9.39. The first-order valence-electron chi connectivity index (χ1n) is 6.51. The van der Waals surface area contributed by atoms with Crippen LogP contribution in [0.25, 0.3) is 0 Å². The second kappa shape index (κ2) is 6.20. The van der Waals surface area contributed by atoms with Crippen molar-refractivity contribution >= 4 is 33.2 Å². The number of hydrogen-bond acceptors (Lipinski definition) is 3. The highest BCUT2D eigenvalue weighted by Gasteiger charge is 2.36. The summed E-state index contributed by atoms with van der Waals surface area (Å²) in [5.74, 6) is 0.202. The Morgan fingerprint density at radius 1 is 1.35 bits per heavy atom. The van der Waals surface area contributed by atoms with Crippen LogP contribution in [0.3, 0.4) is 0 Å². The van der Waals surface area contributed by atoms with Crippen LogP contribution in [-0.2, 0) is 10.0 Å². The van der Waals surface area contributed by atoms with E-state index in [2.05, 4.69) is 0 Å². The number of nitrogens with two attached hydrogens (primary N) is 1. The van der Waals surface area contributed by atoms with Crippen molar-refractivity contribution in [2.45, 2.75) is 30.2 Å². The van der Waals surface area contributed by atoms with Crippen molar-refractivity contribution in [2.24, 2.45) is 11.7 Å². The number of nitrogens with zero attached hydrogens (tertiary/aromatic N) is 1. The zero-order valence-electron chi connectivity index (χ0n) is 11.2. The van der Waals surface area contributed by atoms with Crippen LogP contribution in [0.2, 0.25) is 10.0 Å². The van der Waals surface area contributed by atoms with Crippen LogP contribution >= 0.6 is 23.2 Å². The molecule has 4 nitrogen and oxygen atoms in total. The molecule has 1 aliphatic carbocycles. The van der Waals surface area contributed by atoms with E-state index in [0.717, 1.165) is 19.3 Å². The zero-order valence-corrected chi connectivity index (χ0v) is 13.5. The minimum atomic E-state index is -3.66. The maximum atomic E-state index is 12.7. The van der Waals surface area contributed by atoms with Gasteiger partial charge in [0.2, 0.25) is 10.0 Å². The van der Waals surface area contributed by atoms with Crippen LogP contribution in [0.4, 0.5) is 0 Å². The van der Waals surface area contributed by atoms with Crippen LogP contribution in [0.1, 0.15) is 19.3 Å². The number of benzene rings is 1. The third-order valence-corrected chi connectivity index (χ3v) is 6.82. The normalized spacial score (nSPS) is 23.4. The van der Waals surface area contributed by atoms with Crippen LogP contribution in [0.15, 0.2) is 23.1 Å². The number of rotatable bonds is 4. The van der Waals surface area contributed by atoms with Gasteiger partial charge in [-0.25, -0.2) is 8.42 Å². The van der Waals surface area contributed by atoms with Gasteiger partial charge in [-0.1, -0.05) is 35.7 Å². The topological polar surface area (TPSA) is 63.4 Å². The largest absolute Gasteiger partial charge is 0.330 e. The van der Waals surface area contributed by atoms with Crippen molar-refractivity contribution in [1.29, 1.82) is 0 Å². The molecule has 0 aromatic heterocycles. The van der Waals surface area contributed by atoms with Crippen molar-refractivity contribution in [3.8, 4) is 0 Å². The lowest BCUT2D eigenvalue weighted by atomic mass is 10.0. The quantitative estimate of drug-likeness (QED) is 0.919. The second-order valence-corrected chi connectivity index (χ2v) is 7.82. The van der Waals surface area contributed by atoms with Gasteiger partial charge in [0, 0.05) is 13.1 Å². The lowest BCUT2D eigenvalue weighted by Crippen LogP contribution is -2.41. The molecule has 1 aliphatic rings. The first-order valence-corrected chi connectivity index (χ1v) is 8.71. The fourth-order valence-corrected chi connectivity index (χ4v) is 4.97. The van der Waals surface area contributed by atoms with Crippen molar-refractivity contribution in [2.75, 3.05) is 13.6 Å². The molecule has 7 heteroatoms. The molecule has 2 rings (SSSR count). The zero-order chi connectivity index (χ0) is 14.9. The SMILES string of the molecule is CN(C1CCCC1CN)S(=O)(=O)c1cccc(Cl)c1Cl. The minimum Gasteiger partial charge on any atom is -0.330 e. The molecule has 0 radical (unpaired) electrons. The van der Waals surface area contributed by atoms with E-state index < -0.39 is 10.0 Å². The molecule has 0 aliphatic heterocycles. The van der Waals surface area contributed by atoms with Crippen LogP contribution in [-0.4, -0.2) is 32.4 Å². The third kappa shape index (κ3) is 2.83. The number of hydrogen-bond donors (Lipinski definition) is 1. The van der Waals surface area contributed by atoms with E-state index in [1.54, 1.807) is 19.2 Å². The minimum absolute atomic E-state index is 0.0526. The monoisotopic (exact) mass is 336 g/mol. The van der Waals surface area contributed by atoms with E-state index in [-0.39, 0.29) is 26.9 Å². The first kappa shape index (κ1) is 16.0. The summed E-state index contributed by atoms with van der Waals surface area (Å²) in [4.78, 5) is 0.0526. The molecular weight excluding hydrogens is 319 g/mol. The molecule has 1 aromatic rings. The van der Waals surface area contributed by atoms with E-state index in [1.165, 1.54) is 10.4 Å². The molecular formula is C13H18Cl2N2O2S. The summed E-state index contributed by atoms with van der Waals surface area (Å²) in [6.45, 7) is 0.494. The average Bonchev–Trinajstić information content (AvgIpc) is 2.88. The smallest absolute Gasteiger partial charge is 0.244 e. The van der Waals surface area contributed by atoms with Crippen LogP contribution in [0, 0.1) is 5.92 Å². The Morgan fingerprint density at radius 2 is 2.05 bits per heavy atom. The molecule has 2 unspecified atom stereocenters. The van der Waals surface area contributed by atoms with Gasteiger partial charge in [0.1, 0.15) is 4.90 Å². The fourth-order valence-electron chi connectivity index (χ4n) is 2.79. The molecule has 20 heavy (non-hydrogen) atoms. The summed E-state index contributed by atoms with van der Waals surface area (Å²) in [6, 6.07) is 4.57. The molecule has 2 N–H and O–H groups in total. The molecule has 0 spiro atoms. The molecule has 1 saturated carbocycles. The Balaban J connectivity index is 2.37. The summed E-state index contributed by atoms with van der Waals surface area (Å²) < 4.78 is 26.8. The third-order valence-electron chi connectivity index (χ3n) is 3.96. The Morgan fingerprint density at radius 3 is 2.70 bits per heavy atom. The average molecular weight is 337 g/mol. The van der Waals surface area contributed by atoms with Gasteiger partial charge in [-0.15, -0.1) is 0 Å². The maximum Gasteiger partial charge on any atom is 0.244 e. The Kier molecular flexibility index (Phi) is 4.97. The van der Waals surface area contributed by atoms with Gasteiger partial charge in [-0.3, -0.25) is 0 Å². The predicted octanol–water partition coefficient (Wildman–Crippen LogP) is 2.74. The Hall–Kier alpha value is -0.330. The fraction of sp³-hybridized carbons (Fsp3) is 0.538. The van der Waals surface area contributed by atoms with Gasteiger partial charge >= 0.3 is 0 Å². The van der Waals surface area contributed by atoms with E-state index in [9.17, 15) is 8.42 Å². The van der Waals surface area contributed by atoms with Crippen molar-refractivity contribution in [1.82, 2.24) is 4.31 Å². The molecule has 0 amide bonds. The lowest BCUT2D eigenvalue weighted by Gasteiger charge is -2.28. The van der Waals surface area contributed by atoms with E-state index >= 15 is 0 Å². The molecule has 1 aromatic carbocycles. The summed E-state index contributed by atoms with van der Waals surface area (Å²) in [7, 11) is -2.07. The molecule has 2 atom stereocenters. The highest BCUT2D eigenvalue weighted by molar-refractivity contribution is 7.89. The highest BCUT2D eigenvalue weighted by Crippen LogP contribution is 2.35. The highest BCUT2D eigenvalue weighted by atomic mass is 35.5. The van der Waals surface area contributed by atoms with E-state index in [0.29, 0.717) is 6.54 Å². The summed E-state index contributed by atoms with van der Waals surface area (Å²) in [5, 5.41) is 0.311. The second-order valence-electron chi connectivity index (χ2n) is 5.07. The Labute approximate surface area is 129 Å². The maximum absolute atomic E-state index is 12.7. The molecule has 1 fully saturated rings. The predicted molar refractivity (Wildman–Crippen MR) is 81.6 cm³/mol. The van der Waals surface area contributed by atoms with Crippen molar-refractivity contribution in [3.05, 3.63) is 28.2 Å². The van der Waals surface area contributed by atoms with Crippen molar-refractivity contribution in [3.63, 3.8) is 0 Å². The standard InChI is InChI=1S/C13H18Cl2N2O2S/c1-17(11-6-2-4-9(11)8-16)20(18,19)12-7-3-5-10(14)13(12)15/h3,5,7,9,11H,2,4,6,8,16H2,1H3. The van der Waals surface area contributed by atoms with E-state index in [4.69, 9.17) is 28.9 Å².